The number of anilines is 1. The average molecular weight is 417 g/mol. The van der Waals surface area contributed by atoms with Crippen LogP contribution >= 0.6 is 11.3 Å². The summed E-state index contributed by atoms with van der Waals surface area (Å²) in [5.74, 6) is 0. The highest BCUT2D eigenvalue weighted by Crippen LogP contribution is 2.24. The number of thiazole rings is 1. The third kappa shape index (κ3) is 4.33. The number of aryl methyl sites for hydroxylation is 2. The number of benzene rings is 2. The van der Waals surface area contributed by atoms with Crippen LogP contribution in [0.5, 0.6) is 0 Å². The van der Waals surface area contributed by atoms with Gasteiger partial charge in [0.15, 0.2) is 0 Å². The lowest BCUT2D eigenvalue weighted by Gasteiger charge is -2.09. The van der Waals surface area contributed by atoms with Crippen molar-refractivity contribution in [2.24, 2.45) is 5.10 Å². The number of rotatable bonds is 6. The molecule has 0 unspecified atom stereocenters. The van der Waals surface area contributed by atoms with Crippen LogP contribution in [0.2, 0.25) is 0 Å². The molecule has 4 aromatic rings. The number of fused-ring (bicyclic) bond motifs is 1. The van der Waals surface area contributed by atoms with Crippen molar-refractivity contribution in [2.45, 2.75) is 33.6 Å². The lowest BCUT2D eigenvalue weighted by atomic mass is 9.99. The van der Waals surface area contributed by atoms with Crippen molar-refractivity contribution in [3.8, 4) is 11.3 Å². The first-order chi connectivity index (χ1) is 14.5. The van der Waals surface area contributed by atoms with Gasteiger partial charge in [-0.05, 0) is 51.3 Å². The van der Waals surface area contributed by atoms with E-state index in [0.717, 1.165) is 44.1 Å². The van der Waals surface area contributed by atoms with Gasteiger partial charge in [0.05, 0.1) is 5.69 Å². The van der Waals surface area contributed by atoms with Crippen LogP contribution in [0.25, 0.3) is 22.2 Å². The maximum Gasteiger partial charge on any atom is 0.251 e. The van der Waals surface area contributed by atoms with Crippen molar-refractivity contribution < 1.29 is 0 Å². The molecule has 0 spiro atoms. The predicted molar refractivity (Wildman–Crippen MR) is 127 cm³/mol. The van der Waals surface area contributed by atoms with Gasteiger partial charge in [-0.2, -0.15) is 5.10 Å². The number of nitrogens with one attached hydrogen (secondary N) is 2. The zero-order valence-electron chi connectivity index (χ0n) is 17.3. The van der Waals surface area contributed by atoms with Crippen LogP contribution in [-0.4, -0.2) is 15.7 Å². The smallest absolute Gasteiger partial charge is 0.251 e. The van der Waals surface area contributed by atoms with Crippen molar-refractivity contribution >= 4 is 33.1 Å². The first-order valence-corrected chi connectivity index (χ1v) is 10.8. The summed E-state index contributed by atoms with van der Waals surface area (Å²) in [6.45, 7) is 6.05. The zero-order chi connectivity index (χ0) is 21.1. The summed E-state index contributed by atoms with van der Waals surface area (Å²) in [5, 5.41) is 8.33. The molecule has 0 saturated heterocycles. The van der Waals surface area contributed by atoms with Gasteiger partial charge < -0.3 is 4.98 Å². The minimum Gasteiger partial charge on any atom is -0.322 e. The molecule has 6 heteroatoms. The second kappa shape index (κ2) is 8.63. The van der Waals surface area contributed by atoms with E-state index in [1.807, 2.05) is 61.7 Å². The van der Waals surface area contributed by atoms with Gasteiger partial charge in [-0.15, -0.1) is 11.3 Å². The third-order valence-electron chi connectivity index (χ3n) is 5.21. The predicted octanol–water partition coefficient (Wildman–Crippen LogP) is 5.69. The van der Waals surface area contributed by atoms with Gasteiger partial charge in [0.25, 0.3) is 5.56 Å². The van der Waals surface area contributed by atoms with Gasteiger partial charge in [-0.3, -0.25) is 10.2 Å². The number of nitrogens with zero attached hydrogens (tertiary/aromatic N) is 2. The highest BCUT2D eigenvalue weighted by atomic mass is 32.1. The average Bonchev–Trinajstić information content (AvgIpc) is 3.22. The first kappa shape index (κ1) is 20.0. The minimum atomic E-state index is -0.0166. The molecular weight excluding hydrogens is 392 g/mol. The summed E-state index contributed by atoms with van der Waals surface area (Å²) in [5.41, 5.74) is 9.92. The Bertz CT molecular complexity index is 1270. The molecule has 4 rings (SSSR count). The van der Waals surface area contributed by atoms with E-state index in [9.17, 15) is 4.79 Å². The molecule has 0 aliphatic carbocycles. The summed E-state index contributed by atoms with van der Waals surface area (Å²) >= 11 is 1.52. The molecule has 0 aliphatic rings. The molecule has 0 bridgehead atoms. The van der Waals surface area contributed by atoms with Gasteiger partial charge >= 0.3 is 0 Å². The fraction of sp³-hybridized carbons (Fsp3) is 0.208. The Labute approximate surface area is 179 Å². The van der Waals surface area contributed by atoms with Gasteiger partial charge in [-0.1, -0.05) is 42.0 Å². The van der Waals surface area contributed by atoms with E-state index in [4.69, 9.17) is 0 Å². The Balaban J connectivity index is 1.45. The Kier molecular flexibility index (Phi) is 5.77. The number of hydrogen-bond donors (Lipinski definition) is 2. The molecule has 0 atom stereocenters. The quantitative estimate of drug-likeness (QED) is 0.313. The molecule has 152 valence electrons. The van der Waals surface area contributed by atoms with E-state index in [0.29, 0.717) is 12.8 Å². The van der Waals surface area contributed by atoms with E-state index >= 15 is 0 Å². The molecule has 30 heavy (non-hydrogen) atoms. The maximum absolute atomic E-state index is 12.5. The van der Waals surface area contributed by atoms with Gasteiger partial charge in [0.1, 0.15) is 0 Å². The van der Waals surface area contributed by atoms with Gasteiger partial charge in [-0.25, -0.2) is 4.98 Å². The maximum atomic E-state index is 12.5. The Morgan fingerprint density at radius 1 is 1.17 bits per heavy atom. The Hall–Kier alpha value is -3.25. The normalized spacial score (nSPS) is 11.8. The summed E-state index contributed by atoms with van der Waals surface area (Å²) in [7, 11) is 0. The molecule has 0 saturated carbocycles. The largest absolute Gasteiger partial charge is 0.322 e. The first-order valence-electron chi connectivity index (χ1n) is 9.93. The standard InChI is InChI=1S/C24H24N4OS/c1-15-9-12-21-20(13-15)17(3)19(23(29)25-21)11-10-16(2)27-28-24-26-22(14-30-24)18-7-5-4-6-8-18/h4-9,12-14H,10-11H2,1-3H3,(H,25,29)(H,26,28). The van der Waals surface area contributed by atoms with Crippen LogP contribution in [0.15, 0.2) is 63.8 Å². The van der Waals surface area contributed by atoms with E-state index < -0.39 is 0 Å². The second-order valence-corrected chi connectivity index (χ2v) is 8.33. The second-order valence-electron chi connectivity index (χ2n) is 7.47. The number of hydrogen-bond acceptors (Lipinski definition) is 5. The molecule has 0 aliphatic heterocycles. The lowest BCUT2D eigenvalue weighted by molar-refractivity contribution is 0.980. The summed E-state index contributed by atoms with van der Waals surface area (Å²) in [6, 6.07) is 16.2. The van der Waals surface area contributed by atoms with E-state index in [-0.39, 0.29) is 5.56 Å². The van der Waals surface area contributed by atoms with Crippen LogP contribution in [0.4, 0.5) is 5.13 Å². The van der Waals surface area contributed by atoms with Crippen molar-refractivity contribution in [1.82, 2.24) is 9.97 Å². The molecule has 0 radical (unpaired) electrons. The number of H-pyrrole nitrogens is 1. The molecular formula is C24H24N4OS. The molecule has 5 nitrogen and oxygen atoms in total. The zero-order valence-corrected chi connectivity index (χ0v) is 18.1. The SMILES string of the molecule is CC(CCc1c(C)c2cc(C)ccc2[nH]c1=O)=NNc1nc(-c2ccccc2)cs1. The van der Waals surface area contributed by atoms with Crippen LogP contribution in [-0.2, 0) is 6.42 Å². The summed E-state index contributed by atoms with van der Waals surface area (Å²) in [4.78, 5) is 20.1. The van der Waals surface area contributed by atoms with Crippen LogP contribution in [0.1, 0.15) is 30.0 Å². The van der Waals surface area contributed by atoms with E-state index in [2.05, 4.69) is 33.5 Å². The fourth-order valence-electron chi connectivity index (χ4n) is 3.48. The lowest BCUT2D eigenvalue weighted by Crippen LogP contribution is -2.16. The third-order valence-corrected chi connectivity index (χ3v) is 5.95. The Morgan fingerprint density at radius 3 is 2.77 bits per heavy atom. The number of hydrazone groups is 1. The van der Waals surface area contributed by atoms with Crippen molar-refractivity contribution in [1.29, 1.82) is 0 Å². The molecule has 2 heterocycles. The summed E-state index contributed by atoms with van der Waals surface area (Å²) < 4.78 is 0. The minimum absolute atomic E-state index is 0.0166. The number of aromatic amines is 1. The highest BCUT2D eigenvalue weighted by molar-refractivity contribution is 7.14. The van der Waals surface area contributed by atoms with Gasteiger partial charge in [0, 0.05) is 33.1 Å². The topological polar surface area (TPSA) is 70.1 Å². The van der Waals surface area contributed by atoms with Crippen molar-refractivity contribution in [3.63, 3.8) is 0 Å². The van der Waals surface area contributed by atoms with Crippen LogP contribution in [0, 0.1) is 13.8 Å². The van der Waals surface area contributed by atoms with Crippen LogP contribution < -0.4 is 11.0 Å². The summed E-state index contributed by atoms with van der Waals surface area (Å²) in [6.07, 6.45) is 1.35. The van der Waals surface area contributed by atoms with Crippen LogP contribution in [0.3, 0.4) is 0 Å². The monoisotopic (exact) mass is 416 g/mol. The molecule has 0 amide bonds. The fourth-order valence-corrected chi connectivity index (χ4v) is 4.14. The number of pyridine rings is 1. The Morgan fingerprint density at radius 2 is 1.97 bits per heavy atom. The van der Waals surface area contributed by atoms with E-state index in [1.54, 1.807) is 0 Å². The highest BCUT2D eigenvalue weighted by Gasteiger charge is 2.10. The van der Waals surface area contributed by atoms with Crippen molar-refractivity contribution in [2.75, 3.05) is 5.43 Å². The molecule has 2 aromatic heterocycles. The number of aromatic nitrogens is 2. The molecule has 2 N–H and O–H groups in total. The molecule has 0 fully saturated rings. The van der Waals surface area contributed by atoms with Gasteiger partial charge in [0.2, 0.25) is 5.13 Å². The van der Waals surface area contributed by atoms with Crippen molar-refractivity contribution in [3.05, 3.63) is 81.0 Å². The molecule has 2 aromatic carbocycles. The van der Waals surface area contributed by atoms with E-state index in [1.165, 1.54) is 16.9 Å².